The van der Waals surface area contributed by atoms with Gasteiger partial charge in [0.25, 0.3) is 0 Å². The Morgan fingerprint density at radius 2 is 2.28 bits per heavy atom. The highest BCUT2D eigenvalue weighted by Crippen LogP contribution is 2.24. The number of rotatable bonds is 3. The Balaban J connectivity index is 2.09. The first-order chi connectivity index (χ1) is 8.58. The number of aromatic carboxylic acids is 1. The molecule has 0 radical (unpaired) electrons. The number of anilines is 1. The number of carboxylic acid groups (broad SMARTS) is 1. The molecule has 0 aromatic heterocycles. The van der Waals surface area contributed by atoms with Gasteiger partial charge >= 0.3 is 5.97 Å². The normalized spacial score (nSPS) is 18.6. The molecule has 5 nitrogen and oxygen atoms in total. The van der Waals surface area contributed by atoms with E-state index < -0.39 is 5.97 Å². The number of amides is 1. The summed E-state index contributed by atoms with van der Waals surface area (Å²) in [6.45, 7) is 0. The Kier molecular flexibility index (Phi) is 4.26. The average Bonchev–Trinajstić information content (AvgIpc) is 2.85. The zero-order valence-electron chi connectivity index (χ0n) is 9.27. The minimum Gasteiger partial charge on any atom is -0.478 e. The summed E-state index contributed by atoms with van der Waals surface area (Å²) < 4.78 is 0.557. The largest absolute Gasteiger partial charge is 0.478 e. The standard InChI is InChI=1S/C11H11BrN2O3S/c12-7-3-6(11(16)17)1-2-8(7)14-10(15)9-4-18-5-13-9/h1-3,9,13H,4-5H2,(H,14,15)(H,16,17). The molecule has 1 amide bonds. The van der Waals surface area contributed by atoms with Gasteiger partial charge in [-0.3, -0.25) is 10.1 Å². The van der Waals surface area contributed by atoms with E-state index in [1.165, 1.54) is 12.1 Å². The lowest BCUT2D eigenvalue weighted by Crippen LogP contribution is -2.37. The number of carboxylic acids is 1. The highest BCUT2D eigenvalue weighted by Gasteiger charge is 2.23. The van der Waals surface area contributed by atoms with Crippen molar-refractivity contribution in [2.24, 2.45) is 0 Å². The Morgan fingerprint density at radius 1 is 1.50 bits per heavy atom. The van der Waals surface area contributed by atoms with Crippen LogP contribution in [0.15, 0.2) is 22.7 Å². The number of nitrogens with one attached hydrogen (secondary N) is 2. The van der Waals surface area contributed by atoms with Crippen LogP contribution in [0.5, 0.6) is 0 Å². The summed E-state index contributed by atoms with van der Waals surface area (Å²) in [5.41, 5.74) is 0.748. The molecule has 1 saturated heterocycles. The van der Waals surface area contributed by atoms with Gasteiger partial charge in [0.1, 0.15) is 0 Å². The fourth-order valence-electron chi connectivity index (χ4n) is 1.53. The summed E-state index contributed by atoms with van der Waals surface area (Å²) in [6.07, 6.45) is 0. The molecule has 1 atom stereocenters. The Hall–Kier alpha value is -1.05. The fraction of sp³-hybridized carbons (Fsp3) is 0.273. The molecule has 7 heteroatoms. The molecule has 96 valence electrons. The van der Waals surface area contributed by atoms with Crippen molar-refractivity contribution in [3.63, 3.8) is 0 Å². The van der Waals surface area contributed by atoms with Gasteiger partial charge in [0.2, 0.25) is 5.91 Å². The number of thioether (sulfide) groups is 1. The topological polar surface area (TPSA) is 78.4 Å². The second-order valence-corrected chi connectivity index (χ2v) is 5.65. The zero-order chi connectivity index (χ0) is 13.1. The van der Waals surface area contributed by atoms with E-state index in [9.17, 15) is 9.59 Å². The maximum absolute atomic E-state index is 11.9. The van der Waals surface area contributed by atoms with E-state index in [0.29, 0.717) is 10.2 Å². The van der Waals surface area contributed by atoms with Crippen LogP contribution in [0.25, 0.3) is 0 Å². The van der Waals surface area contributed by atoms with Crippen LogP contribution in [0.1, 0.15) is 10.4 Å². The molecule has 1 aliphatic rings. The third-order valence-corrected chi connectivity index (χ3v) is 4.10. The van der Waals surface area contributed by atoms with Crippen LogP contribution < -0.4 is 10.6 Å². The number of hydrogen-bond donors (Lipinski definition) is 3. The van der Waals surface area contributed by atoms with Gasteiger partial charge in [0.05, 0.1) is 17.3 Å². The molecule has 1 aromatic rings. The molecule has 1 aliphatic heterocycles. The number of halogens is 1. The van der Waals surface area contributed by atoms with E-state index in [2.05, 4.69) is 26.6 Å². The molecule has 0 saturated carbocycles. The second-order valence-electron chi connectivity index (χ2n) is 3.76. The summed E-state index contributed by atoms with van der Waals surface area (Å²) in [5.74, 6) is 0.416. The predicted molar refractivity (Wildman–Crippen MR) is 74.0 cm³/mol. The molecule has 0 spiro atoms. The van der Waals surface area contributed by atoms with E-state index in [4.69, 9.17) is 5.11 Å². The van der Waals surface area contributed by atoms with Gasteiger partial charge in [0, 0.05) is 16.1 Å². The van der Waals surface area contributed by atoms with Crippen molar-refractivity contribution < 1.29 is 14.7 Å². The lowest BCUT2D eigenvalue weighted by molar-refractivity contribution is -0.117. The van der Waals surface area contributed by atoms with Crippen LogP contribution in [0.2, 0.25) is 0 Å². The van der Waals surface area contributed by atoms with E-state index in [1.807, 2.05) is 0 Å². The first-order valence-corrected chi connectivity index (χ1v) is 7.17. The third-order valence-electron chi connectivity index (χ3n) is 2.51. The van der Waals surface area contributed by atoms with Crippen molar-refractivity contribution in [3.05, 3.63) is 28.2 Å². The van der Waals surface area contributed by atoms with E-state index in [0.717, 1.165) is 11.6 Å². The van der Waals surface area contributed by atoms with Crippen LogP contribution >= 0.6 is 27.7 Å². The van der Waals surface area contributed by atoms with Crippen molar-refractivity contribution in [2.45, 2.75) is 6.04 Å². The number of carbonyl (C=O) groups excluding carboxylic acids is 1. The molecule has 18 heavy (non-hydrogen) atoms. The maximum Gasteiger partial charge on any atom is 0.335 e. The molecule has 0 aliphatic carbocycles. The highest BCUT2D eigenvalue weighted by atomic mass is 79.9. The smallest absolute Gasteiger partial charge is 0.335 e. The average molecular weight is 331 g/mol. The molecule has 1 heterocycles. The van der Waals surface area contributed by atoms with Crippen LogP contribution in [0, 0.1) is 0 Å². The molecule has 2 rings (SSSR count). The molecule has 1 aromatic carbocycles. The second kappa shape index (κ2) is 5.73. The van der Waals surface area contributed by atoms with Gasteiger partial charge in [-0.05, 0) is 34.1 Å². The van der Waals surface area contributed by atoms with Crippen molar-refractivity contribution in [1.29, 1.82) is 0 Å². The van der Waals surface area contributed by atoms with E-state index >= 15 is 0 Å². The summed E-state index contributed by atoms with van der Waals surface area (Å²) in [4.78, 5) is 22.6. The van der Waals surface area contributed by atoms with Gasteiger partial charge in [-0.2, -0.15) is 0 Å². The maximum atomic E-state index is 11.9. The first kappa shape index (κ1) is 13.4. The van der Waals surface area contributed by atoms with Crippen molar-refractivity contribution >= 4 is 45.3 Å². The SMILES string of the molecule is O=C(O)c1ccc(NC(=O)C2CSCN2)c(Br)c1. The lowest BCUT2D eigenvalue weighted by Gasteiger charge is -2.12. The first-order valence-electron chi connectivity index (χ1n) is 5.23. The molecular weight excluding hydrogens is 320 g/mol. The zero-order valence-corrected chi connectivity index (χ0v) is 11.7. The third kappa shape index (κ3) is 3.04. The Labute approximate surface area is 116 Å². The van der Waals surface area contributed by atoms with Gasteiger partial charge in [-0.1, -0.05) is 0 Å². The highest BCUT2D eigenvalue weighted by molar-refractivity contribution is 9.10. The Morgan fingerprint density at radius 3 is 2.83 bits per heavy atom. The minimum atomic E-state index is -0.998. The summed E-state index contributed by atoms with van der Waals surface area (Å²) in [5, 5.41) is 14.7. The Bertz CT molecular complexity index is 489. The summed E-state index contributed by atoms with van der Waals surface area (Å²) in [6, 6.07) is 4.31. The fourth-order valence-corrected chi connectivity index (χ4v) is 2.95. The molecule has 1 unspecified atom stereocenters. The van der Waals surface area contributed by atoms with E-state index in [-0.39, 0.29) is 17.5 Å². The van der Waals surface area contributed by atoms with Crippen molar-refractivity contribution in [3.8, 4) is 0 Å². The van der Waals surface area contributed by atoms with Gasteiger partial charge in [0.15, 0.2) is 0 Å². The van der Waals surface area contributed by atoms with Crippen molar-refractivity contribution in [1.82, 2.24) is 5.32 Å². The minimum absolute atomic E-state index is 0.108. The van der Waals surface area contributed by atoms with Gasteiger partial charge in [-0.15, -0.1) is 11.8 Å². The lowest BCUT2D eigenvalue weighted by atomic mass is 10.2. The van der Waals surface area contributed by atoms with Crippen LogP contribution in [-0.4, -0.2) is 34.7 Å². The monoisotopic (exact) mass is 330 g/mol. The predicted octanol–water partition coefficient (Wildman–Crippen LogP) is 1.75. The number of carbonyl (C=O) groups is 2. The van der Waals surface area contributed by atoms with Crippen LogP contribution in [0.3, 0.4) is 0 Å². The molecule has 1 fully saturated rings. The summed E-state index contributed by atoms with van der Waals surface area (Å²) in [7, 11) is 0. The van der Waals surface area contributed by atoms with Crippen molar-refractivity contribution in [2.75, 3.05) is 16.9 Å². The van der Waals surface area contributed by atoms with Gasteiger partial charge < -0.3 is 10.4 Å². The number of hydrogen-bond acceptors (Lipinski definition) is 4. The van der Waals surface area contributed by atoms with Crippen LogP contribution in [0.4, 0.5) is 5.69 Å². The number of benzene rings is 1. The quantitative estimate of drug-likeness (QED) is 0.786. The summed E-state index contributed by atoms with van der Waals surface area (Å²) >= 11 is 4.92. The van der Waals surface area contributed by atoms with E-state index in [1.54, 1.807) is 17.8 Å². The van der Waals surface area contributed by atoms with Crippen LogP contribution in [-0.2, 0) is 4.79 Å². The van der Waals surface area contributed by atoms with Gasteiger partial charge in [-0.25, -0.2) is 4.79 Å². The molecule has 0 bridgehead atoms. The molecule has 3 N–H and O–H groups in total. The molecular formula is C11H11BrN2O3S.